The van der Waals surface area contributed by atoms with Crippen molar-refractivity contribution in [1.29, 1.82) is 0 Å². The Morgan fingerprint density at radius 3 is 2.72 bits per heavy atom. The van der Waals surface area contributed by atoms with E-state index in [0.717, 1.165) is 41.0 Å². The third-order valence-corrected chi connectivity index (χ3v) is 10.7. The van der Waals surface area contributed by atoms with E-state index >= 15 is 0 Å². The monoisotopic (exact) mass is 472 g/mol. The third-order valence-electron chi connectivity index (χ3n) is 7.67. The summed E-state index contributed by atoms with van der Waals surface area (Å²) < 4.78 is 22.9. The van der Waals surface area contributed by atoms with Crippen LogP contribution in [-0.2, 0) is 16.8 Å². The molecule has 1 atom stereocenters. The number of carbonyl (C=O) groups is 1. The first-order valence-electron chi connectivity index (χ1n) is 10.8. The summed E-state index contributed by atoms with van der Waals surface area (Å²) in [4.78, 5) is 24.4. The fraction of sp³-hybridized carbons (Fsp3) is 0.435. The minimum absolute atomic E-state index is 0.104. The molecule has 2 aliphatic heterocycles. The molecule has 1 aliphatic carbocycles. The van der Waals surface area contributed by atoms with Crippen LogP contribution in [0.2, 0.25) is 5.02 Å². The number of amides is 1. The number of hydrogen-bond acceptors (Lipinski definition) is 5. The van der Waals surface area contributed by atoms with Gasteiger partial charge in [0.1, 0.15) is 5.82 Å². The third kappa shape index (κ3) is 2.61. The van der Waals surface area contributed by atoms with Crippen LogP contribution in [0, 0.1) is 0 Å². The lowest BCUT2D eigenvalue weighted by atomic mass is 9.99. The number of halogens is 1. The molecule has 3 aromatic rings. The zero-order valence-corrected chi connectivity index (χ0v) is 19.5. The molecule has 2 aromatic heterocycles. The van der Waals surface area contributed by atoms with Crippen LogP contribution >= 0.6 is 22.2 Å². The molecule has 7 nitrogen and oxygen atoms in total. The van der Waals surface area contributed by atoms with Crippen LogP contribution < -0.4 is 4.90 Å². The summed E-state index contributed by atoms with van der Waals surface area (Å²) in [5.41, 5.74) is 3.13. The number of hydrogen-bond donors (Lipinski definition) is 2. The molecular formula is C23H25ClN4O3S. The molecule has 0 bridgehead atoms. The summed E-state index contributed by atoms with van der Waals surface area (Å²) in [6.45, 7) is 4.12. The van der Waals surface area contributed by atoms with E-state index in [-0.39, 0.29) is 11.9 Å². The Morgan fingerprint density at radius 2 is 2.03 bits per heavy atom. The Balaban J connectivity index is 1.49. The summed E-state index contributed by atoms with van der Waals surface area (Å²) in [6.07, 6.45) is 5.87. The van der Waals surface area contributed by atoms with Gasteiger partial charge in [-0.1, -0.05) is 11.6 Å². The lowest BCUT2D eigenvalue weighted by Gasteiger charge is -2.44. The Hall–Kier alpha value is -2.13. The van der Waals surface area contributed by atoms with E-state index in [1.807, 2.05) is 38.1 Å². The number of benzene rings is 1. The summed E-state index contributed by atoms with van der Waals surface area (Å²) in [5.74, 6) is 1.18. The molecule has 0 radical (unpaired) electrons. The fourth-order valence-corrected chi connectivity index (χ4v) is 7.42. The summed E-state index contributed by atoms with van der Waals surface area (Å²) in [6, 6.07) is 7.37. The van der Waals surface area contributed by atoms with Crippen molar-refractivity contribution in [2.45, 2.75) is 55.9 Å². The molecule has 2 fully saturated rings. The normalized spacial score (nSPS) is 25.5. The highest BCUT2D eigenvalue weighted by Crippen LogP contribution is 2.64. The second kappa shape index (κ2) is 6.47. The zero-order valence-electron chi connectivity index (χ0n) is 18.0. The van der Waals surface area contributed by atoms with Crippen molar-refractivity contribution >= 4 is 44.8 Å². The molecule has 1 aromatic carbocycles. The Bertz CT molecular complexity index is 1280. The maximum atomic E-state index is 13.4. The molecule has 1 spiro atoms. The van der Waals surface area contributed by atoms with Gasteiger partial charge in [-0.2, -0.15) is 10.6 Å². The SMILES string of the molecule is CC1(C)C(n2c(CN3C(=O)C4(CC4)c4ccncc43)nc3cc(Cl)ccc32)CCS1(O)O. The van der Waals surface area contributed by atoms with Gasteiger partial charge < -0.3 is 9.47 Å². The molecule has 4 heterocycles. The van der Waals surface area contributed by atoms with Gasteiger partial charge in [0.25, 0.3) is 0 Å². The molecular weight excluding hydrogens is 448 g/mol. The summed E-state index contributed by atoms with van der Waals surface area (Å²) in [7, 11) is -2.75. The Morgan fingerprint density at radius 1 is 1.25 bits per heavy atom. The van der Waals surface area contributed by atoms with Crippen molar-refractivity contribution in [2.75, 3.05) is 10.7 Å². The highest BCUT2D eigenvalue weighted by Gasteiger charge is 2.59. The van der Waals surface area contributed by atoms with Gasteiger partial charge >= 0.3 is 0 Å². The molecule has 2 N–H and O–H groups in total. The van der Waals surface area contributed by atoms with Gasteiger partial charge in [-0.25, -0.2) is 4.98 Å². The van der Waals surface area contributed by atoms with Crippen molar-refractivity contribution in [3.63, 3.8) is 0 Å². The first kappa shape index (κ1) is 20.5. The molecule has 168 valence electrons. The standard InChI is InChI=1S/C23H25ClN4O3S/c1-22(2)19(6-10-32(22,30)31)28-17-4-3-14(24)11-16(17)26-20(28)13-27-18-12-25-9-5-15(18)23(7-8-23)21(27)29/h3-5,9,11-12,19,30-31H,6-8,10,13H2,1-2H3. The zero-order chi connectivity index (χ0) is 22.5. The lowest BCUT2D eigenvalue weighted by Crippen LogP contribution is -2.36. The average molecular weight is 473 g/mol. The first-order valence-corrected chi connectivity index (χ1v) is 12.9. The highest BCUT2D eigenvalue weighted by atomic mass is 35.5. The number of nitrogens with zero attached hydrogens (tertiary/aromatic N) is 4. The molecule has 1 saturated carbocycles. The molecule has 6 rings (SSSR count). The van der Waals surface area contributed by atoms with Crippen molar-refractivity contribution in [3.05, 3.63) is 53.1 Å². The molecule has 9 heteroatoms. The van der Waals surface area contributed by atoms with Gasteiger partial charge in [0.05, 0.1) is 45.7 Å². The predicted molar refractivity (Wildman–Crippen MR) is 127 cm³/mol. The van der Waals surface area contributed by atoms with E-state index < -0.39 is 20.8 Å². The van der Waals surface area contributed by atoms with E-state index in [0.29, 0.717) is 23.7 Å². The molecule has 1 saturated heterocycles. The van der Waals surface area contributed by atoms with Crippen molar-refractivity contribution in [3.8, 4) is 0 Å². The van der Waals surface area contributed by atoms with Crippen LogP contribution in [-0.4, -0.2) is 40.0 Å². The minimum atomic E-state index is -2.75. The predicted octanol–water partition coefficient (Wildman–Crippen LogP) is 5.14. The highest BCUT2D eigenvalue weighted by molar-refractivity contribution is 8.25. The number of imidazole rings is 1. The van der Waals surface area contributed by atoms with E-state index in [2.05, 4.69) is 9.55 Å². The number of aromatic nitrogens is 3. The number of carbonyl (C=O) groups excluding carboxylic acids is 1. The van der Waals surface area contributed by atoms with Crippen molar-refractivity contribution in [2.24, 2.45) is 0 Å². The Kier molecular flexibility index (Phi) is 4.14. The maximum absolute atomic E-state index is 13.4. The van der Waals surface area contributed by atoms with Crippen LogP contribution in [0.4, 0.5) is 5.69 Å². The number of anilines is 1. The van der Waals surface area contributed by atoms with Gasteiger partial charge in [0.2, 0.25) is 5.91 Å². The van der Waals surface area contributed by atoms with Crippen LogP contribution in [0.25, 0.3) is 11.0 Å². The first-order chi connectivity index (χ1) is 15.2. The van der Waals surface area contributed by atoms with Crippen LogP contribution in [0.3, 0.4) is 0 Å². The molecule has 1 amide bonds. The van der Waals surface area contributed by atoms with Crippen molar-refractivity contribution < 1.29 is 13.9 Å². The van der Waals surface area contributed by atoms with Crippen LogP contribution in [0.5, 0.6) is 0 Å². The largest absolute Gasteiger partial charge is 0.321 e. The lowest BCUT2D eigenvalue weighted by molar-refractivity contribution is -0.120. The maximum Gasteiger partial charge on any atom is 0.238 e. The second-order valence-electron chi connectivity index (χ2n) is 9.68. The topological polar surface area (TPSA) is 91.5 Å². The van der Waals surface area contributed by atoms with E-state index in [4.69, 9.17) is 16.6 Å². The average Bonchev–Trinajstić information content (AvgIpc) is 3.38. The summed E-state index contributed by atoms with van der Waals surface area (Å²) >= 11 is 6.25. The fourth-order valence-electron chi connectivity index (χ4n) is 5.52. The van der Waals surface area contributed by atoms with Crippen LogP contribution in [0.1, 0.15) is 50.5 Å². The smallest absolute Gasteiger partial charge is 0.238 e. The van der Waals surface area contributed by atoms with Gasteiger partial charge in [-0.3, -0.25) is 18.9 Å². The summed E-state index contributed by atoms with van der Waals surface area (Å²) in [5, 5.41) is 0.590. The number of pyridine rings is 1. The molecule has 3 aliphatic rings. The Labute approximate surface area is 192 Å². The van der Waals surface area contributed by atoms with E-state index in [1.54, 1.807) is 17.3 Å². The van der Waals surface area contributed by atoms with Gasteiger partial charge in [-0.05, 0) is 62.9 Å². The second-order valence-corrected chi connectivity index (χ2v) is 12.9. The van der Waals surface area contributed by atoms with Gasteiger partial charge in [-0.15, -0.1) is 0 Å². The minimum Gasteiger partial charge on any atom is -0.321 e. The van der Waals surface area contributed by atoms with E-state index in [1.165, 1.54) is 0 Å². The van der Waals surface area contributed by atoms with E-state index in [9.17, 15) is 13.9 Å². The quantitative estimate of drug-likeness (QED) is 0.550. The molecule has 1 unspecified atom stereocenters. The number of fused-ring (bicyclic) bond motifs is 3. The van der Waals surface area contributed by atoms with Crippen LogP contribution in [0.15, 0.2) is 36.7 Å². The van der Waals surface area contributed by atoms with Gasteiger partial charge in [0.15, 0.2) is 0 Å². The van der Waals surface area contributed by atoms with Crippen molar-refractivity contribution in [1.82, 2.24) is 14.5 Å². The van der Waals surface area contributed by atoms with Gasteiger partial charge in [0, 0.05) is 17.0 Å². The number of rotatable bonds is 3. The molecule has 32 heavy (non-hydrogen) atoms.